The maximum absolute atomic E-state index is 11.8. The largest absolute Gasteiger partial charge is 0.483 e. The van der Waals surface area contributed by atoms with Crippen LogP contribution in [0, 0.1) is 0 Å². The highest BCUT2D eigenvalue weighted by Gasteiger charge is 2.07. The number of hydrogen-bond acceptors (Lipinski definition) is 3. The number of amides is 1. The average Bonchev–Trinajstić information content (AvgIpc) is 3.16. The third kappa shape index (κ3) is 3.11. The van der Waals surface area contributed by atoms with E-state index < -0.39 is 0 Å². The molecule has 0 aliphatic carbocycles. The van der Waals surface area contributed by atoms with Crippen LogP contribution in [0.5, 0.6) is 5.75 Å². The lowest BCUT2D eigenvalue weighted by atomic mass is 10.2. The number of rotatable bonds is 6. The molecule has 0 fully saturated rings. The van der Waals surface area contributed by atoms with Gasteiger partial charge in [-0.25, -0.2) is 4.98 Å². The first-order chi connectivity index (χ1) is 10.7. The van der Waals surface area contributed by atoms with Crippen molar-refractivity contribution in [2.45, 2.75) is 6.54 Å². The summed E-state index contributed by atoms with van der Waals surface area (Å²) in [7, 11) is 1.98. The highest BCUT2D eigenvalue weighted by Crippen LogP contribution is 2.25. The summed E-state index contributed by atoms with van der Waals surface area (Å²) in [6.45, 7) is 1.26. The molecule has 1 N–H and O–H groups in total. The lowest BCUT2D eigenvalue weighted by molar-refractivity contribution is -0.123. The van der Waals surface area contributed by atoms with Crippen LogP contribution in [0.25, 0.3) is 10.9 Å². The van der Waals surface area contributed by atoms with Crippen molar-refractivity contribution in [3.8, 4) is 5.75 Å². The van der Waals surface area contributed by atoms with Gasteiger partial charge in [-0.3, -0.25) is 4.79 Å². The molecule has 0 spiro atoms. The summed E-state index contributed by atoms with van der Waals surface area (Å²) < 4.78 is 9.57. The average molecular weight is 298 g/mol. The standard InChI is InChI=1S/C16H18N4O2/c1-19-8-5-13-14(19)3-2-4-15(13)22-11-16(21)18-7-10-20-9-6-17-12-20/h2-6,8-9,12H,7,10-11H2,1H3,(H,18,21). The van der Waals surface area contributed by atoms with Crippen LogP contribution in [0.4, 0.5) is 0 Å². The normalized spacial score (nSPS) is 10.8. The Morgan fingerprint density at radius 1 is 1.32 bits per heavy atom. The Bertz CT molecular complexity index is 762. The molecular weight excluding hydrogens is 280 g/mol. The number of benzene rings is 1. The number of carbonyl (C=O) groups excluding carboxylic acids is 1. The molecule has 0 aliphatic heterocycles. The minimum absolute atomic E-state index is 0.0118. The van der Waals surface area contributed by atoms with Gasteiger partial charge in [0.2, 0.25) is 0 Å². The molecule has 22 heavy (non-hydrogen) atoms. The molecule has 0 aliphatic rings. The third-order valence-corrected chi connectivity index (χ3v) is 3.50. The number of hydrogen-bond donors (Lipinski definition) is 1. The molecule has 0 saturated heterocycles. The Morgan fingerprint density at radius 3 is 3.05 bits per heavy atom. The molecule has 6 nitrogen and oxygen atoms in total. The fourth-order valence-electron chi connectivity index (χ4n) is 2.34. The van der Waals surface area contributed by atoms with Gasteiger partial charge in [-0.1, -0.05) is 6.07 Å². The second-order valence-corrected chi connectivity index (χ2v) is 5.05. The van der Waals surface area contributed by atoms with Crippen molar-refractivity contribution in [1.82, 2.24) is 19.4 Å². The Morgan fingerprint density at radius 2 is 2.23 bits per heavy atom. The Kier molecular flexibility index (Phi) is 4.09. The number of fused-ring (bicyclic) bond motifs is 1. The van der Waals surface area contributed by atoms with Crippen LogP contribution in [-0.4, -0.2) is 33.2 Å². The van der Waals surface area contributed by atoms with Crippen molar-refractivity contribution in [3.05, 3.63) is 49.2 Å². The number of nitrogens with zero attached hydrogens (tertiary/aromatic N) is 3. The van der Waals surface area contributed by atoms with E-state index in [0.717, 1.165) is 16.7 Å². The van der Waals surface area contributed by atoms with Crippen LogP contribution < -0.4 is 10.1 Å². The van der Waals surface area contributed by atoms with Gasteiger partial charge in [-0.2, -0.15) is 0 Å². The predicted molar refractivity (Wildman–Crippen MR) is 83.7 cm³/mol. The van der Waals surface area contributed by atoms with Gasteiger partial charge in [-0.05, 0) is 18.2 Å². The lowest BCUT2D eigenvalue weighted by Crippen LogP contribution is -2.31. The van der Waals surface area contributed by atoms with E-state index in [-0.39, 0.29) is 12.5 Å². The summed E-state index contributed by atoms with van der Waals surface area (Å²) >= 11 is 0. The molecule has 0 radical (unpaired) electrons. The van der Waals surface area contributed by atoms with Gasteiger partial charge < -0.3 is 19.2 Å². The van der Waals surface area contributed by atoms with E-state index in [4.69, 9.17) is 4.74 Å². The number of nitrogens with one attached hydrogen (secondary N) is 1. The van der Waals surface area contributed by atoms with Gasteiger partial charge in [0.15, 0.2) is 6.61 Å². The van der Waals surface area contributed by atoms with Crippen LogP contribution >= 0.6 is 0 Å². The molecule has 2 aromatic heterocycles. The van der Waals surface area contributed by atoms with E-state index in [0.29, 0.717) is 13.1 Å². The third-order valence-electron chi connectivity index (χ3n) is 3.50. The molecule has 1 amide bonds. The van der Waals surface area contributed by atoms with E-state index in [1.807, 2.05) is 52.8 Å². The molecule has 3 aromatic rings. The molecule has 0 bridgehead atoms. The van der Waals surface area contributed by atoms with Gasteiger partial charge in [0.05, 0.1) is 11.8 Å². The van der Waals surface area contributed by atoms with Crippen molar-refractivity contribution in [2.75, 3.05) is 13.2 Å². The van der Waals surface area contributed by atoms with Crippen LogP contribution in [0.3, 0.4) is 0 Å². The van der Waals surface area contributed by atoms with E-state index in [1.54, 1.807) is 12.5 Å². The van der Waals surface area contributed by atoms with E-state index in [2.05, 4.69) is 10.3 Å². The zero-order chi connectivity index (χ0) is 15.4. The van der Waals surface area contributed by atoms with Crippen LogP contribution in [0.1, 0.15) is 0 Å². The van der Waals surface area contributed by atoms with E-state index >= 15 is 0 Å². The maximum Gasteiger partial charge on any atom is 0.258 e. The Labute approximate surface area is 128 Å². The second-order valence-electron chi connectivity index (χ2n) is 5.05. The van der Waals surface area contributed by atoms with E-state index in [9.17, 15) is 4.79 Å². The number of aromatic nitrogens is 3. The molecular formula is C16H18N4O2. The summed E-state index contributed by atoms with van der Waals surface area (Å²) in [5.74, 6) is 0.593. The first kappa shape index (κ1) is 14.2. The molecule has 0 unspecified atom stereocenters. The smallest absolute Gasteiger partial charge is 0.258 e. The zero-order valence-corrected chi connectivity index (χ0v) is 12.4. The summed E-state index contributed by atoms with van der Waals surface area (Å²) in [6.07, 6.45) is 7.27. The molecule has 1 aromatic carbocycles. The number of aryl methyl sites for hydroxylation is 1. The fourth-order valence-corrected chi connectivity index (χ4v) is 2.34. The lowest BCUT2D eigenvalue weighted by Gasteiger charge is -2.09. The second kappa shape index (κ2) is 6.34. The van der Waals surface area contributed by atoms with Crippen molar-refractivity contribution in [1.29, 1.82) is 0 Å². The quantitative estimate of drug-likeness (QED) is 0.751. The molecule has 114 valence electrons. The summed E-state index contributed by atoms with van der Waals surface area (Å²) in [5, 5.41) is 3.84. The molecule has 6 heteroatoms. The SMILES string of the molecule is Cn1ccc2c(OCC(=O)NCCn3ccnc3)cccc21. The predicted octanol–water partition coefficient (Wildman–Crippen LogP) is 1.57. The van der Waals surface area contributed by atoms with Crippen LogP contribution in [-0.2, 0) is 18.4 Å². The zero-order valence-electron chi connectivity index (χ0n) is 12.4. The Hall–Kier alpha value is -2.76. The topological polar surface area (TPSA) is 61.1 Å². The number of imidazole rings is 1. The summed E-state index contributed by atoms with van der Waals surface area (Å²) in [5.41, 5.74) is 1.08. The first-order valence-corrected chi connectivity index (χ1v) is 7.13. The van der Waals surface area contributed by atoms with Gasteiger partial charge in [0.25, 0.3) is 5.91 Å². The van der Waals surface area contributed by atoms with Crippen molar-refractivity contribution in [2.24, 2.45) is 7.05 Å². The van der Waals surface area contributed by atoms with Gasteiger partial charge in [0, 0.05) is 44.1 Å². The first-order valence-electron chi connectivity index (χ1n) is 7.13. The highest BCUT2D eigenvalue weighted by atomic mass is 16.5. The minimum atomic E-state index is -0.131. The van der Waals surface area contributed by atoms with E-state index in [1.165, 1.54) is 0 Å². The molecule has 0 atom stereocenters. The van der Waals surface area contributed by atoms with Gasteiger partial charge in [-0.15, -0.1) is 0 Å². The van der Waals surface area contributed by atoms with Crippen molar-refractivity contribution in [3.63, 3.8) is 0 Å². The van der Waals surface area contributed by atoms with Crippen LogP contribution in [0.15, 0.2) is 49.2 Å². The number of ether oxygens (including phenoxy) is 1. The van der Waals surface area contributed by atoms with Crippen molar-refractivity contribution >= 4 is 16.8 Å². The summed E-state index contributed by atoms with van der Waals surface area (Å²) in [4.78, 5) is 15.8. The van der Waals surface area contributed by atoms with Crippen molar-refractivity contribution < 1.29 is 9.53 Å². The minimum Gasteiger partial charge on any atom is -0.483 e. The molecule has 0 saturated carbocycles. The van der Waals surface area contributed by atoms with Gasteiger partial charge in [0.1, 0.15) is 5.75 Å². The summed E-state index contributed by atoms with van der Waals surface area (Å²) in [6, 6.07) is 7.81. The Balaban J connectivity index is 1.52. The molecule has 2 heterocycles. The van der Waals surface area contributed by atoms with Gasteiger partial charge >= 0.3 is 0 Å². The maximum atomic E-state index is 11.8. The highest BCUT2D eigenvalue weighted by molar-refractivity contribution is 5.87. The monoisotopic (exact) mass is 298 g/mol. The van der Waals surface area contributed by atoms with Crippen LogP contribution in [0.2, 0.25) is 0 Å². The number of carbonyl (C=O) groups is 1. The molecule has 3 rings (SSSR count). The fraction of sp³-hybridized carbons (Fsp3) is 0.250.